The summed E-state index contributed by atoms with van der Waals surface area (Å²) in [5.41, 5.74) is 6.61. The zero-order chi connectivity index (χ0) is 11.4. The van der Waals surface area contributed by atoms with Gasteiger partial charge in [-0.25, -0.2) is 4.39 Å². The fourth-order valence-electron chi connectivity index (χ4n) is 1.47. The van der Waals surface area contributed by atoms with E-state index in [1.54, 1.807) is 6.07 Å². The van der Waals surface area contributed by atoms with Crippen LogP contribution in [0.15, 0.2) is 18.2 Å². The zero-order valence-electron chi connectivity index (χ0n) is 9.54. The Morgan fingerprint density at radius 2 is 1.94 bits per heavy atom. The summed E-state index contributed by atoms with van der Waals surface area (Å²) in [5, 5.41) is 0. The Bertz CT molecular complexity index is 331. The number of hydrogen-bond acceptors (Lipinski definition) is 1. The van der Waals surface area contributed by atoms with Crippen LogP contribution in [0.3, 0.4) is 0 Å². The molecule has 1 aromatic rings. The summed E-state index contributed by atoms with van der Waals surface area (Å²) in [6.45, 7) is 4.30. The van der Waals surface area contributed by atoms with E-state index in [-0.39, 0.29) is 24.3 Å². The van der Waals surface area contributed by atoms with Crippen LogP contribution in [-0.2, 0) is 0 Å². The molecular formula is C12H18ClFIN. The van der Waals surface area contributed by atoms with E-state index in [0.29, 0.717) is 11.5 Å². The van der Waals surface area contributed by atoms with Crippen LogP contribution in [-0.4, -0.2) is 0 Å². The van der Waals surface area contributed by atoms with Crippen LogP contribution >= 0.6 is 35.0 Å². The molecule has 0 bridgehead atoms. The maximum Gasteiger partial charge on any atom is 0.128 e. The van der Waals surface area contributed by atoms with Crippen molar-refractivity contribution in [3.63, 3.8) is 0 Å². The molecule has 0 aliphatic rings. The summed E-state index contributed by atoms with van der Waals surface area (Å²) in [7, 11) is 0. The largest absolute Gasteiger partial charge is 0.324 e. The topological polar surface area (TPSA) is 26.0 Å². The van der Waals surface area contributed by atoms with Gasteiger partial charge in [-0.05, 0) is 59.5 Å². The predicted octanol–water partition coefficient (Wildman–Crippen LogP) is 4.29. The van der Waals surface area contributed by atoms with Gasteiger partial charge in [-0.3, -0.25) is 0 Å². The summed E-state index contributed by atoms with van der Waals surface area (Å²) in [4.78, 5) is 0. The Kier molecular flexibility index (Phi) is 7.52. The molecule has 1 nitrogen and oxygen atoms in total. The van der Waals surface area contributed by atoms with Gasteiger partial charge in [0.1, 0.15) is 5.82 Å². The van der Waals surface area contributed by atoms with Crippen LogP contribution in [0.25, 0.3) is 0 Å². The minimum absolute atomic E-state index is 0. The molecular weight excluding hydrogens is 339 g/mol. The average Bonchev–Trinajstić information content (AvgIpc) is 2.18. The second-order valence-electron chi connectivity index (χ2n) is 4.24. The second kappa shape index (κ2) is 7.45. The van der Waals surface area contributed by atoms with E-state index in [9.17, 15) is 4.39 Å². The Morgan fingerprint density at radius 1 is 1.31 bits per heavy atom. The maximum absolute atomic E-state index is 13.5. The standard InChI is InChI=1S/C12H17FIN.ClH/c1-8(2)3-6-12(15)10-7-9(14)4-5-11(10)13;/h4-5,7-8,12H,3,6,15H2,1-2H3;1H/t12-;/m1./s1. The fraction of sp³-hybridized carbons (Fsp3) is 0.500. The van der Waals surface area contributed by atoms with Crippen molar-refractivity contribution >= 4 is 35.0 Å². The molecule has 0 saturated heterocycles. The van der Waals surface area contributed by atoms with E-state index in [2.05, 4.69) is 36.4 Å². The SMILES string of the molecule is CC(C)CC[C@@H](N)c1cc(I)ccc1F.Cl. The van der Waals surface area contributed by atoms with Gasteiger partial charge in [0.25, 0.3) is 0 Å². The monoisotopic (exact) mass is 357 g/mol. The minimum Gasteiger partial charge on any atom is -0.324 e. The van der Waals surface area contributed by atoms with Gasteiger partial charge in [-0.1, -0.05) is 13.8 Å². The number of nitrogens with two attached hydrogens (primary N) is 1. The second-order valence-corrected chi connectivity index (χ2v) is 5.49. The van der Waals surface area contributed by atoms with Crippen molar-refractivity contribution in [3.05, 3.63) is 33.1 Å². The van der Waals surface area contributed by atoms with Crippen LogP contribution in [0, 0.1) is 15.3 Å². The normalized spacial score (nSPS) is 12.4. The summed E-state index contributed by atoms with van der Waals surface area (Å²) < 4.78 is 14.5. The van der Waals surface area contributed by atoms with Gasteiger partial charge in [-0.15, -0.1) is 12.4 Å². The molecule has 2 N–H and O–H groups in total. The molecule has 0 heterocycles. The molecule has 0 aliphatic heterocycles. The lowest BCUT2D eigenvalue weighted by Gasteiger charge is -2.14. The lowest BCUT2D eigenvalue weighted by atomic mass is 9.98. The number of halogens is 3. The lowest BCUT2D eigenvalue weighted by molar-refractivity contribution is 0.491. The zero-order valence-corrected chi connectivity index (χ0v) is 12.5. The Morgan fingerprint density at radius 3 is 2.50 bits per heavy atom. The lowest BCUT2D eigenvalue weighted by Crippen LogP contribution is -2.13. The van der Waals surface area contributed by atoms with Crippen molar-refractivity contribution in [1.29, 1.82) is 0 Å². The van der Waals surface area contributed by atoms with Gasteiger partial charge in [0.15, 0.2) is 0 Å². The van der Waals surface area contributed by atoms with E-state index in [1.165, 1.54) is 6.07 Å². The van der Waals surface area contributed by atoms with Crippen molar-refractivity contribution in [3.8, 4) is 0 Å². The van der Waals surface area contributed by atoms with Crippen molar-refractivity contribution in [2.75, 3.05) is 0 Å². The van der Waals surface area contributed by atoms with Crippen molar-refractivity contribution in [1.82, 2.24) is 0 Å². The first-order valence-electron chi connectivity index (χ1n) is 5.21. The first-order chi connectivity index (χ1) is 7.00. The third kappa shape index (κ3) is 4.97. The molecule has 0 amide bonds. The van der Waals surface area contributed by atoms with Gasteiger partial charge in [0.2, 0.25) is 0 Å². The van der Waals surface area contributed by atoms with Crippen molar-refractivity contribution in [2.24, 2.45) is 11.7 Å². The predicted molar refractivity (Wildman–Crippen MR) is 77.4 cm³/mol. The Hall–Kier alpha value is 0.130. The highest BCUT2D eigenvalue weighted by atomic mass is 127. The first-order valence-corrected chi connectivity index (χ1v) is 6.29. The summed E-state index contributed by atoms with van der Waals surface area (Å²) in [6.07, 6.45) is 1.88. The van der Waals surface area contributed by atoms with Gasteiger partial charge in [-0.2, -0.15) is 0 Å². The number of hydrogen-bond donors (Lipinski definition) is 1. The van der Waals surface area contributed by atoms with Crippen LogP contribution in [0.5, 0.6) is 0 Å². The molecule has 92 valence electrons. The summed E-state index contributed by atoms with van der Waals surface area (Å²) in [5.74, 6) is 0.425. The molecule has 0 aliphatic carbocycles. The molecule has 0 fully saturated rings. The Labute approximate surface area is 117 Å². The highest BCUT2D eigenvalue weighted by molar-refractivity contribution is 14.1. The highest BCUT2D eigenvalue weighted by Gasteiger charge is 2.12. The van der Waals surface area contributed by atoms with Crippen LogP contribution in [0.1, 0.15) is 38.3 Å². The smallest absolute Gasteiger partial charge is 0.128 e. The van der Waals surface area contributed by atoms with Gasteiger partial charge < -0.3 is 5.73 Å². The van der Waals surface area contributed by atoms with Crippen molar-refractivity contribution < 1.29 is 4.39 Å². The number of rotatable bonds is 4. The molecule has 0 spiro atoms. The first kappa shape index (κ1) is 16.1. The molecule has 1 atom stereocenters. The van der Waals surface area contributed by atoms with E-state index >= 15 is 0 Å². The van der Waals surface area contributed by atoms with Crippen LogP contribution < -0.4 is 5.73 Å². The quantitative estimate of drug-likeness (QED) is 0.799. The summed E-state index contributed by atoms with van der Waals surface area (Å²) in [6, 6.07) is 4.91. The van der Waals surface area contributed by atoms with E-state index in [4.69, 9.17) is 5.73 Å². The molecule has 0 saturated carbocycles. The molecule has 1 rings (SSSR count). The molecule has 16 heavy (non-hydrogen) atoms. The fourth-order valence-corrected chi connectivity index (χ4v) is 1.98. The van der Waals surface area contributed by atoms with E-state index in [0.717, 1.165) is 16.4 Å². The van der Waals surface area contributed by atoms with E-state index < -0.39 is 0 Å². The van der Waals surface area contributed by atoms with Crippen LogP contribution in [0.2, 0.25) is 0 Å². The number of benzene rings is 1. The molecule has 0 unspecified atom stereocenters. The summed E-state index contributed by atoms with van der Waals surface area (Å²) >= 11 is 2.18. The molecule has 1 aromatic carbocycles. The minimum atomic E-state index is -0.188. The van der Waals surface area contributed by atoms with Crippen molar-refractivity contribution in [2.45, 2.75) is 32.7 Å². The average molecular weight is 358 g/mol. The highest BCUT2D eigenvalue weighted by Crippen LogP contribution is 2.23. The van der Waals surface area contributed by atoms with Gasteiger partial charge >= 0.3 is 0 Å². The maximum atomic E-state index is 13.5. The molecule has 4 heteroatoms. The Balaban J connectivity index is 0.00000225. The van der Waals surface area contributed by atoms with E-state index in [1.807, 2.05) is 6.07 Å². The third-order valence-corrected chi connectivity index (χ3v) is 3.08. The van der Waals surface area contributed by atoms with Gasteiger partial charge in [0, 0.05) is 15.2 Å². The third-order valence-electron chi connectivity index (χ3n) is 2.41. The van der Waals surface area contributed by atoms with Crippen LogP contribution in [0.4, 0.5) is 4.39 Å². The molecule has 0 aromatic heterocycles. The van der Waals surface area contributed by atoms with Gasteiger partial charge in [0.05, 0.1) is 0 Å². The molecule has 0 radical (unpaired) electrons.